The van der Waals surface area contributed by atoms with Gasteiger partial charge in [0, 0.05) is 5.92 Å². The summed E-state index contributed by atoms with van der Waals surface area (Å²) in [5, 5.41) is 18.5. The lowest BCUT2D eigenvalue weighted by Crippen LogP contribution is -2.03. The van der Waals surface area contributed by atoms with Crippen molar-refractivity contribution in [2.24, 2.45) is 17.3 Å². The molecule has 0 unspecified atom stereocenters. The van der Waals surface area contributed by atoms with Crippen molar-refractivity contribution in [1.82, 2.24) is 0 Å². The standard InChI is InChI=1S/C10H16O3/c1-5(2)8(11)6-7(9(12)13)10(6,3)4/h6-7,11H,1-4H3,(H,12,13)/t6-,7-/m0/s1. The van der Waals surface area contributed by atoms with Crippen molar-refractivity contribution in [3.05, 3.63) is 11.3 Å². The highest BCUT2D eigenvalue weighted by Gasteiger charge is 2.64. The predicted molar refractivity (Wildman–Crippen MR) is 49.4 cm³/mol. The van der Waals surface area contributed by atoms with Crippen LogP contribution < -0.4 is 0 Å². The fourth-order valence-electron chi connectivity index (χ4n) is 1.92. The summed E-state index contributed by atoms with van der Waals surface area (Å²) in [6, 6.07) is 0. The minimum atomic E-state index is -0.817. The van der Waals surface area contributed by atoms with Crippen LogP contribution >= 0.6 is 0 Å². The predicted octanol–water partition coefficient (Wildman–Crippen LogP) is 2.20. The van der Waals surface area contributed by atoms with Crippen LogP contribution in [0.2, 0.25) is 0 Å². The SMILES string of the molecule is CC(C)=C(O)[C@@H]1[C@@H](C(=O)O)C1(C)C. The average molecular weight is 184 g/mol. The van der Waals surface area contributed by atoms with Crippen LogP contribution in [0.5, 0.6) is 0 Å². The molecule has 1 saturated carbocycles. The lowest BCUT2D eigenvalue weighted by Gasteiger charge is -2.02. The Labute approximate surface area is 78.1 Å². The molecule has 0 aliphatic heterocycles. The summed E-state index contributed by atoms with van der Waals surface area (Å²) in [5.41, 5.74) is 0.509. The van der Waals surface area contributed by atoms with Crippen LogP contribution in [0, 0.1) is 17.3 Å². The lowest BCUT2D eigenvalue weighted by molar-refractivity contribution is -0.139. The first kappa shape index (κ1) is 10.1. The molecule has 0 saturated heterocycles. The van der Waals surface area contributed by atoms with E-state index in [0.29, 0.717) is 0 Å². The van der Waals surface area contributed by atoms with E-state index in [2.05, 4.69) is 0 Å². The van der Waals surface area contributed by atoms with Gasteiger partial charge in [0.1, 0.15) is 0 Å². The van der Waals surface area contributed by atoms with Crippen molar-refractivity contribution in [1.29, 1.82) is 0 Å². The lowest BCUT2D eigenvalue weighted by atomic mass is 10.1. The van der Waals surface area contributed by atoms with E-state index in [4.69, 9.17) is 5.11 Å². The summed E-state index contributed by atoms with van der Waals surface area (Å²) in [6.45, 7) is 7.33. The third-order valence-electron chi connectivity index (χ3n) is 2.90. The molecule has 0 aromatic heterocycles. The number of aliphatic hydroxyl groups is 1. The highest BCUT2D eigenvalue weighted by atomic mass is 16.4. The minimum Gasteiger partial charge on any atom is -0.512 e. The fraction of sp³-hybridized carbons (Fsp3) is 0.700. The van der Waals surface area contributed by atoms with Gasteiger partial charge >= 0.3 is 5.97 Å². The molecule has 0 amide bonds. The molecular formula is C10H16O3. The van der Waals surface area contributed by atoms with Gasteiger partial charge in [-0.25, -0.2) is 0 Å². The third kappa shape index (κ3) is 1.43. The zero-order chi connectivity index (χ0) is 10.4. The van der Waals surface area contributed by atoms with Crippen LogP contribution in [0.15, 0.2) is 11.3 Å². The van der Waals surface area contributed by atoms with E-state index in [0.717, 1.165) is 5.57 Å². The van der Waals surface area contributed by atoms with Gasteiger partial charge < -0.3 is 10.2 Å². The van der Waals surface area contributed by atoms with Gasteiger partial charge in [-0.15, -0.1) is 0 Å². The molecule has 0 aromatic carbocycles. The Bertz CT molecular complexity index is 272. The van der Waals surface area contributed by atoms with Crippen LogP contribution in [0.1, 0.15) is 27.7 Å². The van der Waals surface area contributed by atoms with Gasteiger partial charge in [-0.2, -0.15) is 0 Å². The number of carboxylic acid groups (broad SMARTS) is 1. The summed E-state index contributed by atoms with van der Waals surface area (Å²) < 4.78 is 0. The van der Waals surface area contributed by atoms with E-state index in [1.807, 2.05) is 13.8 Å². The molecule has 2 N–H and O–H groups in total. The highest BCUT2D eigenvalue weighted by molar-refractivity contribution is 5.76. The quantitative estimate of drug-likeness (QED) is 0.647. The van der Waals surface area contributed by atoms with Crippen LogP contribution in [0.3, 0.4) is 0 Å². The molecule has 2 atom stereocenters. The topological polar surface area (TPSA) is 57.5 Å². The van der Waals surface area contributed by atoms with Gasteiger partial charge in [-0.05, 0) is 24.8 Å². The molecule has 0 bridgehead atoms. The molecule has 1 aliphatic carbocycles. The summed E-state index contributed by atoms with van der Waals surface area (Å²) in [5.74, 6) is -1.20. The van der Waals surface area contributed by atoms with E-state index in [9.17, 15) is 9.90 Å². The number of carbonyl (C=O) groups is 1. The van der Waals surface area contributed by atoms with Crippen molar-refractivity contribution in [3.63, 3.8) is 0 Å². The van der Waals surface area contributed by atoms with E-state index in [-0.39, 0.29) is 17.1 Å². The highest BCUT2D eigenvalue weighted by Crippen LogP contribution is 2.61. The number of allylic oxidation sites excluding steroid dienone is 2. The van der Waals surface area contributed by atoms with E-state index < -0.39 is 11.9 Å². The smallest absolute Gasteiger partial charge is 0.307 e. The van der Waals surface area contributed by atoms with E-state index >= 15 is 0 Å². The maximum absolute atomic E-state index is 10.8. The normalized spacial score (nSPS) is 29.5. The summed E-state index contributed by atoms with van der Waals surface area (Å²) in [7, 11) is 0. The van der Waals surface area contributed by atoms with Crippen LogP contribution in [-0.2, 0) is 4.79 Å². The number of hydrogen-bond acceptors (Lipinski definition) is 2. The van der Waals surface area contributed by atoms with Crippen LogP contribution in [0.4, 0.5) is 0 Å². The molecule has 0 aromatic rings. The van der Waals surface area contributed by atoms with Crippen molar-refractivity contribution < 1.29 is 15.0 Å². The molecule has 74 valence electrons. The first-order valence-corrected chi connectivity index (χ1v) is 4.39. The maximum atomic E-state index is 10.8. The van der Waals surface area contributed by atoms with Crippen LogP contribution in [-0.4, -0.2) is 16.2 Å². The zero-order valence-electron chi connectivity index (χ0n) is 8.46. The first-order valence-electron chi connectivity index (χ1n) is 4.39. The van der Waals surface area contributed by atoms with Crippen LogP contribution in [0.25, 0.3) is 0 Å². The second-order valence-corrected chi connectivity index (χ2v) is 4.50. The molecule has 1 fully saturated rings. The Kier molecular flexibility index (Phi) is 2.14. The molecule has 0 radical (unpaired) electrons. The second-order valence-electron chi connectivity index (χ2n) is 4.50. The maximum Gasteiger partial charge on any atom is 0.307 e. The Balaban J connectivity index is 2.89. The molecular weight excluding hydrogens is 168 g/mol. The largest absolute Gasteiger partial charge is 0.512 e. The molecule has 3 nitrogen and oxygen atoms in total. The van der Waals surface area contributed by atoms with Gasteiger partial charge in [0.2, 0.25) is 0 Å². The third-order valence-corrected chi connectivity index (χ3v) is 2.90. The number of hydrogen-bond donors (Lipinski definition) is 2. The van der Waals surface area contributed by atoms with Gasteiger partial charge in [-0.3, -0.25) is 4.79 Å². The zero-order valence-corrected chi connectivity index (χ0v) is 8.46. The molecule has 0 spiro atoms. The van der Waals surface area contributed by atoms with Gasteiger partial charge in [0.05, 0.1) is 11.7 Å². The van der Waals surface area contributed by atoms with Gasteiger partial charge in [0.25, 0.3) is 0 Å². The Morgan fingerprint density at radius 3 is 1.85 bits per heavy atom. The summed E-state index contributed by atoms with van der Waals surface area (Å²) in [6.07, 6.45) is 0. The Hall–Kier alpha value is -0.990. The number of aliphatic carboxylic acids is 1. The molecule has 13 heavy (non-hydrogen) atoms. The number of carboxylic acids is 1. The molecule has 1 rings (SSSR count). The second kappa shape index (κ2) is 2.76. The Morgan fingerprint density at radius 2 is 1.62 bits per heavy atom. The van der Waals surface area contributed by atoms with E-state index in [1.165, 1.54) is 0 Å². The number of aliphatic hydroxyl groups excluding tert-OH is 1. The summed E-state index contributed by atoms with van der Waals surface area (Å²) in [4.78, 5) is 10.8. The van der Waals surface area contributed by atoms with Crippen molar-refractivity contribution in [3.8, 4) is 0 Å². The van der Waals surface area contributed by atoms with Gasteiger partial charge in [0.15, 0.2) is 0 Å². The van der Waals surface area contributed by atoms with E-state index in [1.54, 1.807) is 13.8 Å². The molecule has 0 heterocycles. The Morgan fingerprint density at radius 1 is 1.15 bits per heavy atom. The van der Waals surface area contributed by atoms with Crippen molar-refractivity contribution in [2.45, 2.75) is 27.7 Å². The monoisotopic (exact) mass is 184 g/mol. The van der Waals surface area contributed by atoms with Crippen molar-refractivity contribution >= 4 is 5.97 Å². The number of rotatable bonds is 2. The summed E-state index contributed by atoms with van der Waals surface area (Å²) >= 11 is 0. The fourth-order valence-corrected chi connectivity index (χ4v) is 1.92. The van der Waals surface area contributed by atoms with Crippen molar-refractivity contribution in [2.75, 3.05) is 0 Å². The molecule has 1 aliphatic rings. The molecule has 3 heteroatoms. The average Bonchev–Trinajstić information content (AvgIpc) is 2.51. The first-order chi connectivity index (χ1) is 5.80. The van der Waals surface area contributed by atoms with Gasteiger partial charge in [-0.1, -0.05) is 13.8 Å². The minimum absolute atomic E-state index is 0.199.